The number of aliphatic hydroxyl groups excluding tert-OH is 1. The van der Waals surface area contributed by atoms with Crippen molar-refractivity contribution in [2.45, 2.75) is 26.3 Å². The summed E-state index contributed by atoms with van der Waals surface area (Å²) >= 11 is 0. The SMILES string of the molecule is C#CCC(=O)N(CCO)C(C)C. The Balaban J connectivity index is 4.11. The quantitative estimate of drug-likeness (QED) is 0.612. The normalized spacial score (nSPS) is 9.58. The molecule has 0 atom stereocenters. The van der Waals surface area contributed by atoms with Crippen molar-refractivity contribution in [2.24, 2.45) is 0 Å². The Morgan fingerprint density at radius 1 is 1.67 bits per heavy atom. The zero-order valence-corrected chi connectivity index (χ0v) is 7.58. The lowest BCUT2D eigenvalue weighted by Crippen LogP contribution is -2.38. The summed E-state index contributed by atoms with van der Waals surface area (Å²) < 4.78 is 0. The third-order valence-electron chi connectivity index (χ3n) is 1.54. The standard InChI is InChI=1S/C9H15NO2/c1-4-5-9(12)10(6-7-11)8(2)3/h1,8,11H,5-7H2,2-3H3. The number of carbonyl (C=O) groups is 1. The number of carbonyl (C=O) groups excluding carboxylic acids is 1. The van der Waals surface area contributed by atoms with Gasteiger partial charge in [0, 0.05) is 12.6 Å². The molecule has 0 saturated heterocycles. The molecule has 0 heterocycles. The monoisotopic (exact) mass is 169 g/mol. The van der Waals surface area contributed by atoms with Crippen molar-refractivity contribution in [1.82, 2.24) is 4.90 Å². The molecule has 1 N–H and O–H groups in total. The smallest absolute Gasteiger partial charge is 0.234 e. The van der Waals surface area contributed by atoms with Crippen molar-refractivity contribution >= 4 is 5.91 Å². The van der Waals surface area contributed by atoms with Crippen LogP contribution in [0.25, 0.3) is 0 Å². The van der Waals surface area contributed by atoms with Crippen LogP contribution >= 0.6 is 0 Å². The second-order valence-corrected chi connectivity index (χ2v) is 2.79. The summed E-state index contributed by atoms with van der Waals surface area (Å²) in [4.78, 5) is 12.8. The van der Waals surface area contributed by atoms with E-state index >= 15 is 0 Å². The van der Waals surface area contributed by atoms with Crippen molar-refractivity contribution < 1.29 is 9.90 Å². The number of rotatable bonds is 4. The average molecular weight is 169 g/mol. The fourth-order valence-electron chi connectivity index (χ4n) is 0.967. The Bertz CT molecular complexity index is 181. The minimum absolute atomic E-state index is 0.0194. The molecule has 0 unspecified atom stereocenters. The van der Waals surface area contributed by atoms with Gasteiger partial charge >= 0.3 is 0 Å². The third kappa shape index (κ3) is 3.40. The molecule has 0 spiro atoms. The molecule has 68 valence electrons. The van der Waals surface area contributed by atoms with E-state index < -0.39 is 0 Å². The first kappa shape index (κ1) is 11.0. The Kier molecular flexibility index (Phi) is 5.14. The highest BCUT2D eigenvalue weighted by atomic mass is 16.3. The van der Waals surface area contributed by atoms with Crippen LogP contribution in [0.15, 0.2) is 0 Å². The van der Waals surface area contributed by atoms with E-state index in [0.29, 0.717) is 6.54 Å². The number of amides is 1. The van der Waals surface area contributed by atoms with Crippen molar-refractivity contribution in [1.29, 1.82) is 0 Å². The molecule has 0 fully saturated rings. The second kappa shape index (κ2) is 5.62. The predicted octanol–water partition coefficient (Wildman–Crippen LogP) is 0.239. The van der Waals surface area contributed by atoms with Gasteiger partial charge in [0.25, 0.3) is 0 Å². The van der Waals surface area contributed by atoms with Crippen LogP contribution in [0.4, 0.5) is 0 Å². The van der Waals surface area contributed by atoms with Crippen LogP contribution in [0.3, 0.4) is 0 Å². The fraction of sp³-hybridized carbons (Fsp3) is 0.667. The van der Waals surface area contributed by atoms with Crippen LogP contribution in [0.2, 0.25) is 0 Å². The van der Waals surface area contributed by atoms with E-state index in [1.54, 1.807) is 4.90 Å². The molecule has 0 aliphatic rings. The van der Waals surface area contributed by atoms with Gasteiger partial charge in [-0.1, -0.05) is 5.92 Å². The van der Waals surface area contributed by atoms with Gasteiger partial charge in [0.15, 0.2) is 0 Å². The van der Waals surface area contributed by atoms with Crippen LogP contribution in [-0.4, -0.2) is 35.1 Å². The van der Waals surface area contributed by atoms with E-state index in [1.807, 2.05) is 13.8 Å². The average Bonchev–Trinajstić information content (AvgIpc) is 1.99. The Morgan fingerprint density at radius 2 is 2.25 bits per heavy atom. The molecule has 3 heteroatoms. The fourth-order valence-corrected chi connectivity index (χ4v) is 0.967. The molecule has 0 aliphatic heterocycles. The molecule has 3 nitrogen and oxygen atoms in total. The number of terminal acetylenes is 1. The maximum absolute atomic E-state index is 11.2. The summed E-state index contributed by atoms with van der Waals surface area (Å²) in [5.74, 6) is 2.19. The first-order valence-electron chi connectivity index (χ1n) is 3.97. The van der Waals surface area contributed by atoms with E-state index in [9.17, 15) is 4.79 Å². The Labute approximate surface area is 73.4 Å². The maximum atomic E-state index is 11.2. The molecule has 0 saturated carbocycles. The summed E-state index contributed by atoms with van der Waals surface area (Å²) in [5.41, 5.74) is 0. The highest BCUT2D eigenvalue weighted by molar-refractivity contribution is 5.78. The molecule has 0 aromatic heterocycles. The van der Waals surface area contributed by atoms with Crippen molar-refractivity contribution in [3.63, 3.8) is 0 Å². The van der Waals surface area contributed by atoms with Crippen molar-refractivity contribution in [2.75, 3.05) is 13.2 Å². The lowest BCUT2D eigenvalue weighted by atomic mass is 10.3. The largest absolute Gasteiger partial charge is 0.395 e. The molecule has 0 bridgehead atoms. The first-order valence-corrected chi connectivity index (χ1v) is 3.97. The highest BCUT2D eigenvalue weighted by Crippen LogP contribution is 2.00. The summed E-state index contributed by atoms with van der Waals surface area (Å²) in [6, 6.07) is 0.0954. The van der Waals surface area contributed by atoms with E-state index in [1.165, 1.54) is 0 Å². The van der Waals surface area contributed by atoms with Crippen LogP contribution in [0.1, 0.15) is 20.3 Å². The summed E-state index contributed by atoms with van der Waals surface area (Å²) in [5, 5.41) is 8.66. The minimum Gasteiger partial charge on any atom is -0.395 e. The van der Waals surface area contributed by atoms with E-state index in [0.717, 1.165) is 0 Å². The molecule has 0 radical (unpaired) electrons. The van der Waals surface area contributed by atoms with Gasteiger partial charge in [0.1, 0.15) is 0 Å². The van der Waals surface area contributed by atoms with Gasteiger partial charge in [-0.3, -0.25) is 4.79 Å². The number of nitrogens with zero attached hydrogens (tertiary/aromatic N) is 1. The lowest BCUT2D eigenvalue weighted by molar-refractivity contribution is -0.132. The van der Waals surface area contributed by atoms with Gasteiger partial charge in [0.05, 0.1) is 13.0 Å². The number of hydrogen-bond donors (Lipinski definition) is 1. The molecule has 0 aromatic carbocycles. The zero-order chi connectivity index (χ0) is 9.56. The van der Waals surface area contributed by atoms with Gasteiger partial charge in [-0.15, -0.1) is 6.42 Å². The van der Waals surface area contributed by atoms with E-state index in [4.69, 9.17) is 11.5 Å². The molecule has 1 amide bonds. The van der Waals surface area contributed by atoms with E-state index in [-0.39, 0.29) is 25.0 Å². The second-order valence-electron chi connectivity index (χ2n) is 2.79. The Hall–Kier alpha value is -1.01. The van der Waals surface area contributed by atoms with Crippen molar-refractivity contribution in [3.8, 4) is 12.3 Å². The first-order chi connectivity index (χ1) is 5.63. The van der Waals surface area contributed by atoms with Crippen LogP contribution < -0.4 is 0 Å². The van der Waals surface area contributed by atoms with Gasteiger partial charge in [-0.2, -0.15) is 0 Å². The summed E-state index contributed by atoms with van der Waals surface area (Å²) in [7, 11) is 0. The van der Waals surface area contributed by atoms with Gasteiger partial charge in [-0.05, 0) is 13.8 Å². The van der Waals surface area contributed by atoms with Gasteiger partial charge in [0.2, 0.25) is 5.91 Å². The number of aliphatic hydroxyl groups is 1. The molecule has 0 aromatic rings. The molecular weight excluding hydrogens is 154 g/mol. The minimum atomic E-state index is -0.0958. The molecule has 0 rings (SSSR count). The molecule has 0 aliphatic carbocycles. The van der Waals surface area contributed by atoms with Crippen LogP contribution in [0, 0.1) is 12.3 Å². The number of hydrogen-bond acceptors (Lipinski definition) is 2. The predicted molar refractivity (Wildman–Crippen MR) is 47.4 cm³/mol. The summed E-state index contributed by atoms with van der Waals surface area (Å²) in [6.45, 7) is 4.13. The molecular formula is C9H15NO2. The van der Waals surface area contributed by atoms with Crippen molar-refractivity contribution in [3.05, 3.63) is 0 Å². The van der Waals surface area contributed by atoms with Gasteiger partial charge in [-0.25, -0.2) is 0 Å². The van der Waals surface area contributed by atoms with Crippen LogP contribution in [-0.2, 0) is 4.79 Å². The zero-order valence-electron chi connectivity index (χ0n) is 7.58. The maximum Gasteiger partial charge on any atom is 0.234 e. The highest BCUT2D eigenvalue weighted by Gasteiger charge is 2.14. The summed E-state index contributed by atoms with van der Waals surface area (Å²) in [6.07, 6.45) is 5.11. The Morgan fingerprint density at radius 3 is 2.58 bits per heavy atom. The van der Waals surface area contributed by atoms with Gasteiger partial charge < -0.3 is 10.0 Å². The lowest BCUT2D eigenvalue weighted by Gasteiger charge is -2.24. The van der Waals surface area contributed by atoms with Crippen LogP contribution in [0.5, 0.6) is 0 Å². The van der Waals surface area contributed by atoms with E-state index in [2.05, 4.69) is 5.92 Å². The third-order valence-corrected chi connectivity index (χ3v) is 1.54. The topological polar surface area (TPSA) is 40.5 Å². The molecule has 12 heavy (non-hydrogen) atoms.